The Hall–Kier alpha value is -2.56. The monoisotopic (exact) mass is 483 g/mol. The molecular formula is C19H16F6NO5P. The van der Waals surface area contributed by atoms with Crippen molar-refractivity contribution in [2.24, 2.45) is 0 Å². The summed E-state index contributed by atoms with van der Waals surface area (Å²) in [5, 5.41) is -0.268. The first-order valence-electron chi connectivity index (χ1n) is 8.91. The number of hydrogen-bond acceptors (Lipinski definition) is 5. The molecule has 1 N–H and O–H groups in total. The van der Waals surface area contributed by atoms with Gasteiger partial charge in [0.15, 0.2) is 18.5 Å². The molecule has 0 saturated heterocycles. The molecule has 0 spiro atoms. The number of benzene rings is 2. The van der Waals surface area contributed by atoms with Gasteiger partial charge in [-0.1, -0.05) is 36.4 Å². The van der Waals surface area contributed by atoms with Crippen molar-refractivity contribution in [1.82, 2.24) is 5.32 Å². The summed E-state index contributed by atoms with van der Waals surface area (Å²) in [6, 6.07) is 10.7. The summed E-state index contributed by atoms with van der Waals surface area (Å²) in [6.07, 6.45) is -10.1. The van der Waals surface area contributed by atoms with E-state index in [0.717, 1.165) is 0 Å². The molecular weight excluding hydrogens is 467 g/mol. The van der Waals surface area contributed by atoms with Crippen LogP contribution >= 0.6 is 7.60 Å². The van der Waals surface area contributed by atoms with Gasteiger partial charge in [0.1, 0.15) is 5.75 Å². The van der Waals surface area contributed by atoms with Crippen LogP contribution in [-0.2, 0) is 18.9 Å². The molecule has 0 saturated carbocycles. The highest BCUT2D eigenvalue weighted by Gasteiger charge is 2.62. The average Bonchev–Trinajstić information content (AvgIpc) is 3.04. The van der Waals surface area contributed by atoms with Gasteiger partial charge in [-0.15, -0.1) is 0 Å². The first-order valence-corrected chi connectivity index (χ1v) is 10.5. The molecule has 0 aromatic heterocycles. The van der Waals surface area contributed by atoms with E-state index in [0.29, 0.717) is 0 Å². The van der Waals surface area contributed by atoms with Crippen LogP contribution in [0.25, 0.3) is 0 Å². The maximum Gasteiger partial charge on any atom is 0.412 e. The van der Waals surface area contributed by atoms with Crippen molar-refractivity contribution in [3.63, 3.8) is 0 Å². The minimum Gasteiger partial charge on any atom is -0.496 e. The average molecular weight is 483 g/mol. The Bertz CT molecular complexity index is 1030. The van der Waals surface area contributed by atoms with Gasteiger partial charge in [-0.3, -0.25) is 18.4 Å². The van der Waals surface area contributed by atoms with Crippen LogP contribution in [-0.4, -0.2) is 38.6 Å². The fraction of sp³-hybridized carbons (Fsp3) is 0.316. The SMILES string of the molecule is COc1ccccc1[C@@]1(P(=O)(OCC(F)(F)F)OCC(F)(F)F)NC(=O)c2ccccc21. The second-order valence-corrected chi connectivity index (χ2v) is 8.87. The number of halogens is 6. The molecule has 0 fully saturated rings. The van der Waals surface area contributed by atoms with E-state index in [1.165, 1.54) is 55.6 Å². The van der Waals surface area contributed by atoms with E-state index in [1.807, 2.05) is 0 Å². The number of ether oxygens (including phenoxy) is 1. The highest BCUT2D eigenvalue weighted by Crippen LogP contribution is 2.70. The lowest BCUT2D eigenvalue weighted by Gasteiger charge is -2.37. The van der Waals surface area contributed by atoms with E-state index in [4.69, 9.17) is 4.74 Å². The molecule has 1 atom stereocenters. The van der Waals surface area contributed by atoms with Crippen molar-refractivity contribution in [2.75, 3.05) is 20.3 Å². The van der Waals surface area contributed by atoms with Crippen molar-refractivity contribution in [3.8, 4) is 5.75 Å². The minimum absolute atomic E-state index is 0.0732. The zero-order valence-corrected chi connectivity index (χ0v) is 17.2. The van der Waals surface area contributed by atoms with Gasteiger partial charge in [-0.25, -0.2) is 0 Å². The first kappa shape index (κ1) is 24.1. The maximum absolute atomic E-state index is 13.9. The lowest BCUT2D eigenvalue weighted by Crippen LogP contribution is -2.43. The number of hydrogen-bond donors (Lipinski definition) is 1. The third-order valence-corrected chi connectivity index (χ3v) is 6.91. The van der Waals surface area contributed by atoms with Crippen LogP contribution in [0.5, 0.6) is 5.75 Å². The third kappa shape index (κ3) is 4.48. The van der Waals surface area contributed by atoms with Crippen molar-refractivity contribution in [1.29, 1.82) is 0 Å². The Kier molecular flexibility index (Phi) is 6.34. The fourth-order valence-electron chi connectivity index (χ4n) is 3.36. The number of carbonyl (C=O) groups is 1. The molecule has 2 aromatic carbocycles. The molecule has 2 aromatic rings. The predicted molar refractivity (Wildman–Crippen MR) is 99.3 cm³/mol. The fourth-order valence-corrected chi connectivity index (χ4v) is 5.67. The lowest BCUT2D eigenvalue weighted by molar-refractivity contribution is -0.166. The molecule has 32 heavy (non-hydrogen) atoms. The molecule has 1 aliphatic rings. The van der Waals surface area contributed by atoms with Crippen molar-refractivity contribution < 1.29 is 49.5 Å². The number of alkyl halides is 6. The topological polar surface area (TPSA) is 73.9 Å². The molecule has 0 radical (unpaired) electrons. The van der Waals surface area contributed by atoms with E-state index in [2.05, 4.69) is 14.4 Å². The van der Waals surface area contributed by atoms with Gasteiger partial charge < -0.3 is 10.1 Å². The van der Waals surface area contributed by atoms with Gasteiger partial charge in [0.05, 0.1) is 7.11 Å². The Labute approximate surface area is 178 Å². The summed E-state index contributed by atoms with van der Waals surface area (Å²) in [6.45, 7) is -4.37. The molecule has 3 rings (SSSR count). The van der Waals surface area contributed by atoms with E-state index in [-0.39, 0.29) is 22.4 Å². The molecule has 1 heterocycles. The van der Waals surface area contributed by atoms with E-state index >= 15 is 0 Å². The summed E-state index contributed by atoms with van der Waals surface area (Å²) in [5.74, 6) is -0.964. The number of nitrogens with one attached hydrogen (secondary N) is 1. The molecule has 6 nitrogen and oxygen atoms in total. The molecule has 1 aliphatic heterocycles. The van der Waals surface area contributed by atoms with E-state index in [9.17, 15) is 35.7 Å². The summed E-state index contributed by atoms with van der Waals surface area (Å²) >= 11 is 0. The van der Waals surface area contributed by atoms with E-state index in [1.54, 1.807) is 0 Å². The molecule has 13 heteroatoms. The quantitative estimate of drug-likeness (QED) is 0.444. The predicted octanol–water partition coefficient (Wildman–Crippen LogP) is 4.99. The Balaban J connectivity index is 2.31. The maximum atomic E-state index is 13.9. The molecule has 0 bridgehead atoms. The lowest BCUT2D eigenvalue weighted by atomic mass is 9.97. The minimum atomic E-state index is -5.47. The van der Waals surface area contributed by atoms with Gasteiger partial charge >= 0.3 is 19.9 Å². The Morgan fingerprint density at radius 3 is 1.91 bits per heavy atom. The molecule has 0 unspecified atom stereocenters. The van der Waals surface area contributed by atoms with Crippen molar-refractivity contribution >= 4 is 13.5 Å². The van der Waals surface area contributed by atoms with Crippen LogP contribution in [0.15, 0.2) is 48.5 Å². The van der Waals surface area contributed by atoms with Gasteiger partial charge in [0, 0.05) is 16.7 Å². The van der Waals surface area contributed by atoms with Crippen LogP contribution in [0.4, 0.5) is 26.3 Å². The van der Waals surface area contributed by atoms with Crippen LogP contribution in [0, 0.1) is 0 Å². The van der Waals surface area contributed by atoms with Crippen molar-refractivity contribution in [2.45, 2.75) is 17.6 Å². The van der Waals surface area contributed by atoms with Gasteiger partial charge in [0.25, 0.3) is 5.91 Å². The standard InChI is InChI=1S/C19H16F6NO5P/c1-29-15-9-5-4-8-14(15)19(13-7-3-2-6-12(13)16(27)26-19)32(28,30-10-17(20,21)22)31-11-18(23,24)25/h2-9H,10-11H2,1H3,(H,26,27)/t19-/m1/s1. The molecule has 0 aliphatic carbocycles. The number of methoxy groups -OCH3 is 1. The second-order valence-electron chi connectivity index (χ2n) is 6.69. The summed E-state index contributed by atoms with van der Waals surface area (Å²) < 4.78 is 106. The van der Waals surface area contributed by atoms with E-state index < -0.39 is 44.3 Å². The zero-order valence-electron chi connectivity index (χ0n) is 16.3. The highest BCUT2D eigenvalue weighted by molar-refractivity contribution is 7.55. The Morgan fingerprint density at radius 1 is 0.875 bits per heavy atom. The zero-order chi connectivity index (χ0) is 23.8. The van der Waals surface area contributed by atoms with Gasteiger partial charge in [-0.05, 0) is 12.1 Å². The number of rotatable bonds is 7. The number of amides is 1. The van der Waals surface area contributed by atoms with Crippen LogP contribution in [0.2, 0.25) is 0 Å². The van der Waals surface area contributed by atoms with Crippen molar-refractivity contribution in [3.05, 3.63) is 65.2 Å². The molecule has 174 valence electrons. The second kappa shape index (κ2) is 8.42. The van der Waals surface area contributed by atoms with Gasteiger partial charge in [0.2, 0.25) is 0 Å². The number of fused-ring (bicyclic) bond motifs is 1. The summed E-state index contributed by atoms with van der Waals surface area (Å²) in [7, 11) is -4.29. The number of carbonyl (C=O) groups excluding carboxylic acids is 1. The van der Waals surface area contributed by atoms with Crippen LogP contribution in [0.1, 0.15) is 21.5 Å². The normalized spacial score (nSPS) is 18.9. The highest BCUT2D eigenvalue weighted by atomic mass is 31.2. The summed E-state index contributed by atoms with van der Waals surface area (Å²) in [4.78, 5) is 12.7. The molecule has 1 amide bonds. The largest absolute Gasteiger partial charge is 0.496 e. The number of para-hydroxylation sites is 1. The Morgan fingerprint density at radius 2 is 1.38 bits per heavy atom. The smallest absolute Gasteiger partial charge is 0.412 e. The van der Waals surface area contributed by atoms with Gasteiger partial charge in [-0.2, -0.15) is 26.3 Å². The van der Waals surface area contributed by atoms with Crippen LogP contribution in [0.3, 0.4) is 0 Å². The summed E-state index contributed by atoms with van der Waals surface area (Å²) in [5.41, 5.74) is -0.500. The third-order valence-electron chi connectivity index (χ3n) is 4.56. The first-order chi connectivity index (χ1) is 14.8. The van der Waals surface area contributed by atoms with Crippen LogP contribution < -0.4 is 10.1 Å².